The maximum Gasteiger partial charge on any atom is 0.131 e. The highest BCUT2D eigenvalue weighted by molar-refractivity contribution is 5.48. The maximum absolute atomic E-state index is 5.68. The van der Waals surface area contributed by atoms with E-state index in [2.05, 4.69) is 22.9 Å². The normalized spacial score (nSPS) is 16.4. The van der Waals surface area contributed by atoms with E-state index in [1.54, 1.807) is 0 Å². The zero-order chi connectivity index (χ0) is 12.1. The van der Waals surface area contributed by atoms with Crippen LogP contribution in [0.1, 0.15) is 38.2 Å². The predicted molar refractivity (Wildman–Crippen MR) is 72.3 cm³/mol. The van der Waals surface area contributed by atoms with Crippen molar-refractivity contribution in [1.82, 2.24) is 4.98 Å². The van der Waals surface area contributed by atoms with Crippen molar-refractivity contribution in [2.45, 2.75) is 45.1 Å². The van der Waals surface area contributed by atoms with Crippen molar-refractivity contribution in [3.63, 3.8) is 0 Å². The highest BCUT2D eigenvalue weighted by Gasteiger charge is 2.23. The quantitative estimate of drug-likeness (QED) is 0.849. The average Bonchev–Trinajstić information content (AvgIpc) is 2.86. The van der Waals surface area contributed by atoms with Gasteiger partial charge in [-0.2, -0.15) is 0 Å². The molecule has 17 heavy (non-hydrogen) atoms. The molecule has 0 unspecified atom stereocenters. The zero-order valence-corrected chi connectivity index (χ0v) is 10.7. The molecule has 2 N–H and O–H groups in total. The van der Waals surface area contributed by atoms with Crippen LogP contribution < -0.4 is 10.6 Å². The predicted octanol–water partition coefficient (Wildman–Crippen LogP) is 2.35. The number of rotatable bonds is 5. The van der Waals surface area contributed by atoms with E-state index in [1.165, 1.54) is 31.2 Å². The third kappa shape index (κ3) is 2.78. The Morgan fingerprint density at radius 2 is 2.18 bits per heavy atom. The van der Waals surface area contributed by atoms with Crippen molar-refractivity contribution in [2.75, 3.05) is 18.0 Å². The van der Waals surface area contributed by atoms with Gasteiger partial charge in [-0.3, -0.25) is 0 Å². The van der Waals surface area contributed by atoms with Crippen LogP contribution in [0, 0.1) is 0 Å². The molecule has 3 nitrogen and oxygen atoms in total. The Morgan fingerprint density at radius 3 is 2.82 bits per heavy atom. The Bertz CT molecular complexity index is 345. The molecule has 0 saturated heterocycles. The van der Waals surface area contributed by atoms with Crippen LogP contribution >= 0.6 is 0 Å². The fraction of sp³-hybridized carbons (Fsp3) is 0.643. The molecule has 0 spiro atoms. The Kier molecular flexibility index (Phi) is 4.37. The van der Waals surface area contributed by atoms with Crippen molar-refractivity contribution >= 4 is 5.82 Å². The van der Waals surface area contributed by atoms with E-state index in [9.17, 15) is 0 Å². The topological polar surface area (TPSA) is 42.2 Å². The molecular formula is C14H23N3. The number of aromatic nitrogens is 1. The summed E-state index contributed by atoms with van der Waals surface area (Å²) < 4.78 is 0. The van der Waals surface area contributed by atoms with Crippen LogP contribution in [0.3, 0.4) is 0 Å². The van der Waals surface area contributed by atoms with Gasteiger partial charge in [0.1, 0.15) is 5.82 Å². The number of nitrogens with two attached hydrogens (primary N) is 1. The number of hydrogen-bond donors (Lipinski definition) is 1. The van der Waals surface area contributed by atoms with Gasteiger partial charge in [-0.05, 0) is 44.4 Å². The Labute approximate surface area is 104 Å². The molecule has 0 atom stereocenters. The molecule has 1 saturated carbocycles. The van der Waals surface area contributed by atoms with Gasteiger partial charge in [0.2, 0.25) is 0 Å². The van der Waals surface area contributed by atoms with E-state index in [-0.39, 0.29) is 0 Å². The highest BCUT2D eigenvalue weighted by atomic mass is 15.2. The Hall–Kier alpha value is -1.09. The number of pyridine rings is 1. The second kappa shape index (κ2) is 6.01. The van der Waals surface area contributed by atoms with E-state index in [1.807, 2.05) is 12.3 Å². The minimum atomic E-state index is 0.687. The van der Waals surface area contributed by atoms with Gasteiger partial charge in [0.15, 0.2) is 0 Å². The van der Waals surface area contributed by atoms with Crippen LogP contribution in [-0.2, 0) is 6.42 Å². The second-order valence-corrected chi connectivity index (χ2v) is 4.75. The lowest BCUT2D eigenvalue weighted by Gasteiger charge is -2.30. The molecule has 3 heteroatoms. The Morgan fingerprint density at radius 1 is 1.41 bits per heavy atom. The summed E-state index contributed by atoms with van der Waals surface area (Å²) >= 11 is 0. The van der Waals surface area contributed by atoms with Crippen LogP contribution in [0.15, 0.2) is 18.3 Å². The molecule has 0 radical (unpaired) electrons. The number of nitrogens with zero attached hydrogens (tertiary/aromatic N) is 2. The summed E-state index contributed by atoms with van der Waals surface area (Å²) in [4.78, 5) is 7.05. The molecule has 1 aliphatic rings. The summed E-state index contributed by atoms with van der Waals surface area (Å²) in [5.74, 6) is 1.16. The fourth-order valence-electron chi connectivity index (χ4n) is 2.84. The molecule has 0 amide bonds. The van der Waals surface area contributed by atoms with Gasteiger partial charge in [0, 0.05) is 18.8 Å². The van der Waals surface area contributed by atoms with Crippen LogP contribution in [-0.4, -0.2) is 24.1 Å². The van der Waals surface area contributed by atoms with Crippen LogP contribution in [0.2, 0.25) is 0 Å². The largest absolute Gasteiger partial charge is 0.354 e. The lowest BCUT2D eigenvalue weighted by Crippen LogP contribution is -2.34. The summed E-state index contributed by atoms with van der Waals surface area (Å²) in [6.07, 6.45) is 8.17. The summed E-state index contributed by atoms with van der Waals surface area (Å²) in [5.41, 5.74) is 6.97. The van der Waals surface area contributed by atoms with Crippen LogP contribution in [0.25, 0.3) is 0 Å². The molecular weight excluding hydrogens is 210 g/mol. The van der Waals surface area contributed by atoms with Crippen molar-refractivity contribution < 1.29 is 0 Å². The first kappa shape index (κ1) is 12.4. The minimum Gasteiger partial charge on any atom is -0.354 e. The lowest BCUT2D eigenvalue weighted by atomic mass is 10.1. The van der Waals surface area contributed by atoms with E-state index in [0.29, 0.717) is 12.6 Å². The third-order valence-electron chi connectivity index (χ3n) is 3.66. The lowest BCUT2D eigenvalue weighted by molar-refractivity contribution is 0.610. The van der Waals surface area contributed by atoms with Gasteiger partial charge in [-0.25, -0.2) is 4.98 Å². The number of anilines is 1. The SMILES string of the molecule is CCN(c1ncccc1CCN)C1CCCC1. The van der Waals surface area contributed by atoms with Crippen molar-refractivity contribution in [3.05, 3.63) is 23.9 Å². The smallest absolute Gasteiger partial charge is 0.131 e. The molecule has 1 fully saturated rings. The fourth-order valence-corrected chi connectivity index (χ4v) is 2.84. The molecule has 0 aromatic carbocycles. The van der Waals surface area contributed by atoms with Gasteiger partial charge >= 0.3 is 0 Å². The van der Waals surface area contributed by atoms with Crippen LogP contribution in [0.4, 0.5) is 5.82 Å². The summed E-state index contributed by atoms with van der Waals surface area (Å²) in [6, 6.07) is 4.86. The van der Waals surface area contributed by atoms with E-state index >= 15 is 0 Å². The monoisotopic (exact) mass is 233 g/mol. The van der Waals surface area contributed by atoms with Gasteiger partial charge in [0.25, 0.3) is 0 Å². The molecule has 2 rings (SSSR count). The van der Waals surface area contributed by atoms with Crippen LogP contribution in [0.5, 0.6) is 0 Å². The molecule has 0 bridgehead atoms. The Balaban J connectivity index is 2.22. The van der Waals surface area contributed by atoms with Gasteiger partial charge in [-0.15, -0.1) is 0 Å². The van der Waals surface area contributed by atoms with E-state index in [0.717, 1.165) is 18.8 Å². The van der Waals surface area contributed by atoms with Crippen molar-refractivity contribution in [3.8, 4) is 0 Å². The first-order valence-electron chi connectivity index (χ1n) is 6.77. The van der Waals surface area contributed by atoms with Crippen molar-refractivity contribution in [2.24, 2.45) is 5.73 Å². The first-order chi connectivity index (χ1) is 8.36. The second-order valence-electron chi connectivity index (χ2n) is 4.75. The average molecular weight is 233 g/mol. The third-order valence-corrected chi connectivity index (χ3v) is 3.66. The van der Waals surface area contributed by atoms with Crippen molar-refractivity contribution in [1.29, 1.82) is 0 Å². The van der Waals surface area contributed by atoms with E-state index < -0.39 is 0 Å². The minimum absolute atomic E-state index is 0.687. The molecule has 1 aromatic rings. The highest BCUT2D eigenvalue weighted by Crippen LogP contribution is 2.28. The zero-order valence-electron chi connectivity index (χ0n) is 10.7. The number of hydrogen-bond acceptors (Lipinski definition) is 3. The molecule has 0 aliphatic heterocycles. The molecule has 1 aromatic heterocycles. The molecule has 1 heterocycles. The van der Waals surface area contributed by atoms with Gasteiger partial charge < -0.3 is 10.6 Å². The standard InChI is InChI=1S/C14H23N3/c1-2-17(13-7-3-4-8-13)14-12(9-10-15)6-5-11-16-14/h5-6,11,13H,2-4,7-10,15H2,1H3. The summed E-state index contributed by atoms with van der Waals surface area (Å²) in [7, 11) is 0. The van der Waals surface area contributed by atoms with Gasteiger partial charge in [-0.1, -0.05) is 18.9 Å². The molecule has 1 aliphatic carbocycles. The molecule has 94 valence electrons. The van der Waals surface area contributed by atoms with Gasteiger partial charge in [0.05, 0.1) is 0 Å². The summed E-state index contributed by atoms with van der Waals surface area (Å²) in [5, 5.41) is 0. The maximum atomic E-state index is 5.68. The first-order valence-corrected chi connectivity index (χ1v) is 6.77. The summed E-state index contributed by atoms with van der Waals surface area (Å²) in [6.45, 7) is 3.96. The van der Waals surface area contributed by atoms with E-state index in [4.69, 9.17) is 5.73 Å².